The van der Waals surface area contributed by atoms with Crippen LogP contribution >= 0.6 is 24.0 Å². The van der Waals surface area contributed by atoms with E-state index in [9.17, 15) is 4.79 Å². The van der Waals surface area contributed by atoms with Crippen molar-refractivity contribution in [2.75, 3.05) is 33.3 Å². The van der Waals surface area contributed by atoms with Crippen molar-refractivity contribution in [3.05, 3.63) is 35.4 Å². The fourth-order valence-corrected chi connectivity index (χ4v) is 3.17. The number of hydrogen-bond donors (Lipinski definition) is 2. The maximum Gasteiger partial charge on any atom is 0.222 e. The highest BCUT2D eigenvalue weighted by atomic mass is 127. The van der Waals surface area contributed by atoms with Gasteiger partial charge in [-0.05, 0) is 37.3 Å². The summed E-state index contributed by atoms with van der Waals surface area (Å²) in [6, 6.07) is 8.33. The van der Waals surface area contributed by atoms with Gasteiger partial charge < -0.3 is 20.3 Å². The topological polar surface area (TPSA) is 66.0 Å². The molecule has 0 aromatic heterocycles. The van der Waals surface area contributed by atoms with E-state index in [1.165, 1.54) is 17.5 Å². The largest absolute Gasteiger partial charge is 0.380 e. The van der Waals surface area contributed by atoms with Crippen molar-refractivity contribution in [3.8, 4) is 0 Å². The first-order chi connectivity index (χ1) is 13.2. The molecule has 1 fully saturated rings. The molecule has 0 spiro atoms. The van der Waals surface area contributed by atoms with Crippen molar-refractivity contribution in [2.24, 2.45) is 4.99 Å². The second-order valence-electron chi connectivity index (χ2n) is 6.92. The number of carbonyl (C=O) groups is 1. The molecule has 0 saturated carbocycles. The lowest BCUT2D eigenvalue weighted by atomic mass is 10.1. The zero-order chi connectivity index (χ0) is 19.3. The molecule has 1 aromatic carbocycles. The van der Waals surface area contributed by atoms with E-state index in [0.29, 0.717) is 25.5 Å². The number of guanidine groups is 1. The zero-order valence-corrected chi connectivity index (χ0v) is 19.5. The molecule has 0 bridgehead atoms. The van der Waals surface area contributed by atoms with Gasteiger partial charge in [-0.1, -0.05) is 30.7 Å². The molecule has 6 nitrogen and oxygen atoms in total. The molecule has 0 radical (unpaired) electrons. The van der Waals surface area contributed by atoms with Crippen LogP contribution < -0.4 is 10.6 Å². The monoisotopic (exact) mass is 502 g/mol. The van der Waals surface area contributed by atoms with Crippen molar-refractivity contribution in [1.29, 1.82) is 0 Å². The Morgan fingerprint density at radius 1 is 1.14 bits per heavy atom. The summed E-state index contributed by atoms with van der Waals surface area (Å²) in [5.74, 6) is 1.13. The van der Waals surface area contributed by atoms with Gasteiger partial charge in [-0.15, -0.1) is 24.0 Å². The average Bonchev–Trinajstić information content (AvgIpc) is 2.88. The Labute approximate surface area is 186 Å². The molecule has 1 aliphatic rings. The molecule has 0 unspecified atom stereocenters. The van der Waals surface area contributed by atoms with E-state index in [0.717, 1.165) is 51.4 Å². The summed E-state index contributed by atoms with van der Waals surface area (Å²) < 4.78 is 5.14. The van der Waals surface area contributed by atoms with Crippen molar-refractivity contribution in [2.45, 2.75) is 52.2 Å². The van der Waals surface area contributed by atoms with Crippen LogP contribution in [0.2, 0.25) is 0 Å². The van der Waals surface area contributed by atoms with Crippen LogP contribution in [0.15, 0.2) is 29.3 Å². The number of likely N-dealkylation sites (tertiary alicyclic amines) is 1. The van der Waals surface area contributed by atoms with E-state index < -0.39 is 0 Å². The summed E-state index contributed by atoms with van der Waals surface area (Å²) in [6.45, 7) is 6.69. The van der Waals surface area contributed by atoms with Crippen LogP contribution in [-0.2, 0) is 22.7 Å². The van der Waals surface area contributed by atoms with Gasteiger partial charge in [0.15, 0.2) is 5.96 Å². The standard InChI is InChI=1S/C21H34N4O2.HI/c1-3-22-21(24-16-18-9-11-19(12-10-18)17-27-2)23-13-7-15-25-14-6-4-5-8-20(25)26;/h9-12H,3-8,13-17H2,1-2H3,(H2,22,23,24);1H. The number of aliphatic imine (C=N–C) groups is 1. The number of rotatable bonds is 9. The molecule has 1 heterocycles. The molecule has 1 aromatic rings. The first kappa shape index (κ1) is 24.7. The molecule has 1 amide bonds. The van der Waals surface area contributed by atoms with Crippen LogP contribution in [0, 0.1) is 0 Å². The van der Waals surface area contributed by atoms with Gasteiger partial charge in [0.2, 0.25) is 5.91 Å². The summed E-state index contributed by atoms with van der Waals surface area (Å²) >= 11 is 0. The zero-order valence-electron chi connectivity index (χ0n) is 17.2. The number of ether oxygens (including phenoxy) is 1. The van der Waals surface area contributed by atoms with Gasteiger partial charge in [-0.25, -0.2) is 4.99 Å². The highest BCUT2D eigenvalue weighted by molar-refractivity contribution is 14.0. The Morgan fingerprint density at radius 3 is 2.61 bits per heavy atom. The van der Waals surface area contributed by atoms with Gasteiger partial charge in [0.25, 0.3) is 0 Å². The lowest BCUT2D eigenvalue weighted by molar-refractivity contribution is -0.130. The first-order valence-corrected chi connectivity index (χ1v) is 10.1. The summed E-state index contributed by atoms with van der Waals surface area (Å²) in [7, 11) is 1.70. The van der Waals surface area contributed by atoms with Crippen LogP contribution in [-0.4, -0.2) is 50.1 Å². The van der Waals surface area contributed by atoms with Gasteiger partial charge in [0, 0.05) is 39.7 Å². The smallest absolute Gasteiger partial charge is 0.222 e. The lowest BCUT2D eigenvalue weighted by Gasteiger charge is -2.20. The van der Waals surface area contributed by atoms with Crippen molar-refractivity contribution < 1.29 is 9.53 Å². The molecule has 1 aliphatic heterocycles. The van der Waals surface area contributed by atoms with Gasteiger partial charge in [0.05, 0.1) is 13.2 Å². The van der Waals surface area contributed by atoms with Gasteiger partial charge in [-0.2, -0.15) is 0 Å². The highest BCUT2D eigenvalue weighted by Gasteiger charge is 2.15. The van der Waals surface area contributed by atoms with Crippen LogP contribution in [0.5, 0.6) is 0 Å². The summed E-state index contributed by atoms with van der Waals surface area (Å²) in [4.78, 5) is 18.7. The molecule has 1 saturated heterocycles. The molecule has 7 heteroatoms. The minimum Gasteiger partial charge on any atom is -0.380 e. The van der Waals surface area contributed by atoms with E-state index in [4.69, 9.17) is 4.74 Å². The Kier molecular flexibility index (Phi) is 12.9. The Balaban J connectivity index is 0.00000392. The normalized spacial score (nSPS) is 15.0. The third-order valence-electron chi connectivity index (χ3n) is 4.67. The maximum absolute atomic E-state index is 12.0. The fourth-order valence-electron chi connectivity index (χ4n) is 3.17. The number of amides is 1. The third-order valence-corrected chi connectivity index (χ3v) is 4.67. The Bertz CT molecular complexity index is 593. The highest BCUT2D eigenvalue weighted by Crippen LogP contribution is 2.11. The molecular weight excluding hydrogens is 467 g/mol. The number of nitrogens with zero attached hydrogens (tertiary/aromatic N) is 2. The molecule has 0 aliphatic carbocycles. The fraction of sp³-hybridized carbons (Fsp3) is 0.619. The maximum atomic E-state index is 12.0. The summed E-state index contributed by atoms with van der Waals surface area (Å²) in [5, 5.41) is 6.65. The van der Waals surface area contributed by atoms with E-state index in [-0.39, 0.29) is 24.0 Å². The number of halogens is 1. The van der Waals surface area contributed by atoms with E-state index in [1.807, 2.05) is 4.90 Å². The number of nitrogens with one attached hydrogen (secondary N) is 2. The van der Waals surface area contributed by atoms with E-state index in [2.05, 4.69) is 46.8 Å². The van der Waals surface area contributed by atoms with E-state index >= 15 is 0 Å². The van der Waals surface area contributed by atoms with Gasteiger partial charge in [0.1, 0.15) is 0 Å². The number of carbonyl (C=O) groups excluding carboxylic acids is 1. The minimum atomic E-state index is 0. The van der Waals surface area contributed by atoms with Crippen LogP contribution in [0.1, 0.15) is 50.2 Å². The van der Waals surface area contributed by atoms with Crippen LogP contribution in [0.3, 0.4) is 0 Å². The second kappa shape index (κ2) is 14.6. The quantitative estimate of drug-likeness (QED) is 0.236. The molecule has 28 heavy (non-hydrogen) atoms. The molecular formula is C21H35IN4O2. The number of hydrogen-bond acceptors (Lipinski definition) is 3. The summed E-state index contributed by atoms with van der Waals surface area (Å²) in [6.07, 6.45) is 4.98. The Hall–Kier alpha value is -1.35. The second-order valence-corrected chi connectivity index (χ2v) is 6.92. The van der Waals surface area contributed by atoms with Crippen molar-refractivity contribution in [1.82, 2.24) is 15.5 Å². The minimum absolute atomic E-state index is 0. The molecule has 2 rings (SSSR count). The predicted molar refractivity (Wildman–Crippen MR) is 125 cm³/mol. The Morgan fingerprint density at radius 2 is 1.89 bits per heavy atom. The first-order valence-electron chi connectivity index (χ1n) is 10.1. The molecule has 0 atom stereocenters. The van der Waals surface area contributed by atoms with Crippen molar-refractivity contribution in [3.63, 3.8) is 0 Å². The summed E-state index contributed by atoms with van der Waals surface area (Å²) in [5.41, 5.74) is 2.33. The lowest BCUT2D eigenvalue weighted by Crippen LogP contribution is -2.39. The average molecular weight is 502 g/mol. The molecule has 158 valence electrons. The van der Waals surface area contributed by atoms with Crippen LogP contribution in [0.25, 0.3) is 0 Å². The predicted octanol–water partition coefficient (Wildman–Crippen LogP) is 3.30. The van der Waals surface area contributed by atoms with Crippen molar-refractivity contribution >= 4 is 35.8 Å². The molecule has 2 N–H and O–H groups in total. The SMILES string of the molecule is CCNC(=NCc1ccc(COC)cc1)NCCCN1CCCCCC1=O.I. The number of methoxy groups -OCH3 is 1. The number of benzene rings is 1. The van der Waals surface area contributed by atoms with Crippen LogP contribution in [0.4, 0.5) is 0 Å². The van der Waals surface area contributed by atoms with E-state index in [1.54, 1.807) is 7.11 Å². The van der Waals surface area contributed by atoms with Gasteiger partial charge >= 0.3 is 0 Å². The third kappa shape index (κ3) is 9.23. The van der Waals surface area contributed by atoms with Gasteiger partial charge in [-0.3, -0.25) is 4.79 Å².